The van der Waals surface area contributed by atoms with Gasteiger partial charge in [0, 0.05) is 0 Å². The summed E-state index contributed by atoms with van der Waals surface area (Å²) in [6, 6.07) is 4.39. The Morgan fingerprint density at radius 3 is 1.50 bits per heavy atom. The summed E-state index contributed by atoms with van der Waals surface area (Å²) in [5.41, 5.74) is 7.30. The Morgan fingerprint density at radius 2 is 1.21 bits per heavy atom. The molecule has 0 unspecified atom stereocenters. The third-order valence-corrected chi connectivity index (χ3v) is 2.49. The Bertz CT molecular complexity index is 359. The highest BCUT2D eigenvalue weighted by atomic mass is 14.1. The van der Waals surface area contributed by atoms with Gasteiger partial charge < -0.3 is 0 Å². The Hall–Kier alpha value is -1.30. The van der Waals surface area contributed by atoms with Gasteiger partial charge in [-0.15, -0.1) is 0 Å². The number of benzene rings is 1. The average Bonchev–Trinajstić information content (AvgIpc) is 2.02. The van der Waals surface area contributed by atoms with E-state index < -0.39 is 0 Å². The minimum absolute atomic E-state index is 1.12. The first-order valence-electron chi connectivity index (χ1n) is 4.86. The number of allylic oxidation sites excluding steroid dienone is 2. The molecule has 0 heterocycles. The first-order valence-corrected chi connectivity index (χ1v) is 4.86. The van der Waals surface area contributed by atoms with Crippen LogP contribution in [0.1, 0.15) is 36.1 Å². The first kappa shape index (κ1) is 10.8. The lowest BCUT2D eigenvalue weighted by atomic mass is 9.93. The van der Waals surface area contributed by atoms with Crippen molar-refractivity contribution in [2.24, 2.45) is 0 Å². The molecule has 0 saturated heterocycles. The van der Waals surface area contributed by atoms with E-state index in [9.17, 15) is 0 Å². The molecule has 0 heteroatoms. The highest BCUT2D eigenvalue weighted by Crippen LogP contribution is 2.25. The van der Waals surface area contributed by atoms with E-state index in [2.05, 4.69) is 39.1 Å². The largest absolute Gasteiger partial charge is 0.0955 e. The molecule has 0 atom stereocenters. The quantitative estimate of drug-likeness (QED) is 0.643. The highest BCUT2D eigenvalue weighted by molar-refractivity contribution is 5.72. The van der Waals surface area contributed by atoms with Crippen LogP contribution in [0.25, 0.3) is 11.1 Å². The van der Waals surface area contributed by atoms with Crippen molar-refractivity contribution in [3.63, 3.8) is 0 Å². The van der Waals surface area contributed by atoms with Crippen LogP contribution in [0.5, 0.6) is 0 Å². The molecule has 0 bridgehead atoms. The molecule has 1 rings (SSSR count). The van der Waals surface area contributed by atoms with Gasteiger partial charge in [0.1, 0.15) is 0 Å². The Labute approximate surface area is 87.0 Å². The van der Waals surface area contributed by atoms with Crippen molar-refractivity contribution >= 4 is 11.1 Å². The van der Waals surface area contributed by atoms with Gasteiger partial charge in [0.2, 0.25) is 0 Å². The summed E-state index contributed by atoms with van der Waals surface area (Å²) in [4.78, 5) is 0. The van der Waals surface area contributed by atoms with Gasteiger partial charge in [-0.1, -0.05) is 30.4 Å². The summed E-state index contributed by atoms with van der Waals surface area (Å²) < 4.78 is 0. The van der Waals surface area contributed by atoms with Crippen LogP contribution in [0.4, 0.5) is 0 Å². The smallest absolute Gasteiger partial charge is 0.0198 e. The zero-order valence-electron chi connectivity index (χ0n) is 9.57. The van der Waals surface area contributed by atoms with E-state index in [0.717, 1.165) is 11.1 Å². The van der Waals surface area contributed by atoms with Crippen LogP contribution in [-0.2, 0) is 0 Å². The standard InChI is InChI=1S/C14H18/c1-9(2)13-8-14(10(3)4)12(6)7-11(13)5/h7-8H,1,3H2,2,4-6H3. The van der Waals surface area contributed by atoms with Gasteiger partial charge in [-0.2, -0.15) is 0 Å². The van der Waals surface area contributed by atoms with Crippen molar-refractivity contribution in [1.29, 1.82) is 0 Å². The monoisotopic (exact) mass is 186 g/mol. The third-order valence-electron chi connectivity index (χ3n) is 2.49. The molecule has 0 spiro atoms. The van der Waals surface area contributed by atoms with Crippen molar-refractivity contribution < 1.29 is 0 Å². The van der Waals surface area contributed by atoms with Crippen molar-refractivity contribution in [2.75, 3.05) is 0 Å². The fraction of sp³-hybridized carbons (Fsp3) is 0.286. The molecular formula is C14H18. The van der Waals surface area contributed by atoms with E-state index in [-0.39, 0.29) is 0 Å². The molecule has 0 aliphatic heterocycles. The topological polar surface area (TPSA) is 0 Å². The van der Waals surface area contributed by atoms with E-state index in [0.29, 0.717) is 0 Å². The predicted molar refractivity (Wildman–Crippen MR) is 65.3 cm³/mol. The lowest BCUT2D eigenvalue weighted by Gasteiger charge is -2.12. The maximum atomic E-state index is 3.99. The van der Waals surface area contributed by atoms with Gasteiger partial charge in [0.15, 0.2) is 0 Å². The number of hydrogen-bond donors (Lipinski definition) is 0. The lowest BCUT2D eigenvalue weighted by molar-refractivity contribution is 1.32. The summed E-state index contributed by atoms with van der Waals surface area (Å²) in [5, 5.41) is 0. The van der Waals surface area contributed by atoms with E-state index in [1.807, 2.05) is 13.8 Å². The summed E-state index contributed by atoms with van der Waals surface area (Å²) >= 11 is 0. The maximum Gasteiger partial charge on any atom is -0.0198 e. The number of rotatable bonds is 2. The molecule has 0 nitrogen and oxygen atoms in total. The van der Waals surface area contributed by atoms with Gasteiger partial charge in [0.25, 0.3) is 0 Å². The molecule has 0 fully saturated rings. The molecule has 0 amide bonds. The number of aryl methyl sites for hydroxylation is 2. The summed E-state index contributed by atoms with van der Waals surface area (Å²) in [6.07, 6.45) is 0. The summed E-state index contributed by atoms with van der Waals surface area (Å²) in [6.45, 7) is 16.3. The molecule has 0 N–H and O–H groups in total. The number of hydrogen-bond acceptors (Lipinski definition) is 0. The van der Waals surface area contributed by atoms with Crippen LogP contribution in [-0.4, -0.2) is 0 Å². The second-order valence-corrected chi connectivity index (χ2v) is 4.04. The van der Waals surface area contributed by atoms with Crippen molar-refractivity contribution in [3.05, 3.63) is 47.5 Å². The molecule has 14 heavy (non-hydrogen) atoms. The van der Waals surface area contributed by atoms with Gasteiger partial charge >= 0.3 is 0 Å². The van der Waals surface area contributed by atoms with E-state index >= 15 is 0 Å². The fourth-order valence-electron chi connectivity index (χ4n) is 1.77. The highest BCUT2D eigenvalue weighted by Gasteiger charge is 2.05. The van der Waals surface area contributed by atoms with E-state index in [1.165, 1.54) is 22.3 Å². The Balaban J connectivity index is 3.42. The van der Waals surface area contributed by atoms with E-state index in [4.69, 9.17) is 0 Å². The minimum atomic E-state index is 1.12. The maximum absolute atomic E-state index is 3.99. The molecule has 0 aliphatic carbocycles. The molecule has 0 saturated carbocycles. The fourth-order valence-corrected chi connectivity index (χ4v) is 1.77. The Kier molecular flexibility index (Phi) is 2.95. The van der Waals surface area contributed by atoms with Gasteiger partial charge in [-0.05, 0) is 56.0 Å². The van der Waals surface area contributed by atoms with E-state index in [1.54, 1.807) is 0 Å². The van der Waals surface area contributed by atoms with Crippen LogP contribution in [0.3, 0.4) is 0 Å². The second kappa shape index (κ2) is 3.83. The molecule has 0 radical (unpaired) electrons. The molecule has 1 aromatic carbocycles. The second-order valence-electron chi connectivity index (χ2n) is 4.04. The van der Waals surface area contributed by atoms with Crippen LogP contribution in [0.15, 0.2) is 25.3 Å². The SMILES string of the molecule is C=C(C)c1cc(C(=C)C)c(C)cc1C. The zero-order chi connectivity index (χ0) is 10.9. The average molecular weight is 186 g/mol. The van der Waals surface area contributed by atoms with Crippen LogP contribution < -0.4 is 0 Å². The van der Waals surface area contributed by atoms with Gasteiger partial charge in [0.05, 0.1) is 0 Å². The predicted octanol–water partition coefficient (Wildman–Crippen LogP) is 4.37. The summed E-state index contributed by atoms with van der Waals surface area (Å²) in [5.74, 6) is 0. The molecule has 0 aromatic heterocycles. The minimum Gasteiger partial charge on any atom is -0.0955 e. The van der Waals surface area contributed by atoms with Crippen LogP contribution in [0, 0.1) is 13.8 Å². The summed E-state index contributed by atoms with van der Waals surface area (Å²) in [7, 11) is 0. The van der Waals surface area contributed by atoms with Crippen LogP contribution in [0.2, 0.25) is 0 Å². The Morgan fingerprint density at radius 1 is 0.857 bits per heavy atom. The van der Waals surface area contributed by atoms with Crippen molar-refractivity contribution in [2.45, 2.75) is 27.7 Å². The lowest BCUT2D eigenvalue weighted by Crippen LogP contribution is -1.92. The van der Waals surface area contributed by atoms with Crippen molar-refractivity contribution in [1.82, 2.24) is 0 Å². The third kappa shape index (κ3) is 1.95. The molecule has 1 aromatic rings. The molecule has 74 valence electrons. The van der Waals surface area contributed by atoms with Gasteiger partial charge in [-0.3, -0.25) is 0 Å². The molecular weight excluding hydrogens is 168 g/mol. The molecule has 0 aliphatic rings. The first-order chi connectivity index (χ1) is 6.43. The normalized spacial score (nSPS) is 10.0. The van der Waals surface area contributed by atoms with Gasteiger partial charge in [-0.25, -0.2) is 0 Å². The zero-order valence-corrected chi connectivity index (χ0v) is 9.57. The van der Waals surface area contributed by atoms with Crippen molar-refractivity contribution in [3.8, 4) is 0 Å². The van der Waals surface area contributed by atoms with Crippen LogP contribution >= 0.6 is 0 Å².